The number of nitrogens with two attached hydrogens (primary N) is 2. The van der Waals surface area contributed by atoms with Gasteiger partial charge in [0.1, 0.15) is 36.0 Å². The third-order valence-corrected chi connectivity index (χ3v) is 3.16. The van der Waals surface area contributed by atoms with E-state index in [2.05, 4.69) is 10.3 Å². The number of hydrogen-bond acceptors (Lipinski definition) is 7. The van der Waals surface area contributed by atoms with Crippen molar-refractivity contribution in [3.63, 3.8) is 0 Å². The molecule has 23 heavy (non-hydrogen) atoms. The maximum Gasteiger partial charge on any atom is 0.339 e. The van der Waals surface area contributed by atoms with Gasteiger partial charge in [0, 0.05) is 6.92 Å². The minimum atomic E-state index is -1.71. The number of carbonyl (C=O) groups is 2. The summed E-state index contributed by atoms with van der Waals surface area (Å²) in [4.78, 5) is 24.9. The molecule has 0 aromatic heterocycles. The first kappa shape index (κ1) is 18.7. The van der Waals surface area contributed by atoms with Gasteiger partial charge in [0.2, 0.25) is 5.91 Å². The number of nitrogens with one attached hydrogen (secondary N) is 2. The number of carboxylic acids is 1. The van der Waals surface area contributed by atoms with Gasteiger partial charge >= 0.3 is 5.96 Å². The molecule has 0 fully saturated rings. The van der Waals surface area contributed by atoms with Crippen LogP contribution in [0.5, 0.6) is 0 Å². The largest absolute Gasteiger partial charge is 0.542 e. The Morgan fingerprint density at radius 1 is 1.48 bits per heavy atom. The maximum atomic E-state index is 11.4. The predicted molar refractivity (Wildman–Crippen MR) is 72.8 cm³/mol. The molecule has 0 saturated carbocycles. The topological polar surface area (TPSA) is 205 Å². The Kier molecular flexibility index (Phi) is 6.30. The fraction of sp³-hybridized carbons (Fsp3) is 0.583. The fourth-order valence-electron chi connectivity index (χ4n) is 2.19. The molecule has 5 atom stereocenters. The van der Waals surface area contributed by atoms with Crippen molar-refractivity contribution in [2.45, 2.75) is 37.3 Å². The third-order valence-electron chi connectivity index (χ3n) is 3.16. The van der Waals surface area contributed by atoms with Gasteiger partial charge in [-0.1, -0.05) is 0 Å². The summed E-state index contributed by atoms with van der Waals surface area (Å²) in [5, 5.41) is 42.0. The number of rotatable bonds is 6. The van der Waals surface area contributed by atoms with Crippen LogP contribution in [-0.2, 0) is 14.3 Å². The van der Waals surface area contributed by atoms with E-state index in [-0.39, 0.29) is 5.96 Å². The smallest absolute Gasteiger partial charge is 0.339 e. The number of aliphatic carboxylic acids is 1. The van der Waals surface area contributed by atoms with Crippen LogP contribution in [0.4, 0.5) is 0 Å². The monoisotopic (exact) mass is 332 g/mol. The van der Waals surface area contributed by atoms with Crippen LogP contribution in [0.2, 0.25) is 0 Å². The molecule has 1 heterocycles. The average Bonchev–Trinajstić information content (AvgIpc) is 2.45. The van der Waals surface area contributed by atoms with Crippen LogP contribution in [0.3, 0.4) is 0 Å². The van der Waals surface area contributed by atoms with Gasteiger partial charge in [0.05, 0.1) is 6.61 Å². The first-order chi connectivity index (χ1) is 10.7. The van der Waals surface area contributed by atoms with Crippen molar-refractivity contribution in [2.75, 3.05) is 6.61 Å². The first-order valence-electron chi connectivity index (χ1n) is 6.65. The lowest BCUT2D eigenvalue weighted by molar-refractivity contribution is -0.501. The molecule has 1 rings (SSSR count). The molecule has 11 heteroatoms. The van der Waals surface area contributed by atoms with Gasteiger partial charge in [-0.05, 0) is 6.08 Å². The van der Waals surface area contributed by atoms with Crippen molar-refractivity contribution in [1.29, 1.82) is 0 Å². The van der Waals surface area contributed by atoms with Crippen LogP contribution in [0.25, 0.3) is 0 Å². The highest BCUT2D eigenvalue weighted by Crippen LogP contribution is 2.21. The van der Waals surface area contributed by atoms with E-state index in [1.807, 2.05) is 0 Å². The van der Waals surface area contributed by atoms with Crippen molar-refractivity contribution in [3.05, 3.63) is 11.8 Å². The van der Waals surface area contributed by atoms with Crippen molar-refractivity contribution in [2.24, 2.45) is 11.5 Å². The molecule has 1 aliphatic rings. The zero-order valence-electron chi connectivity index (χ0n) is 12.3. The van der Waals surface area contributed by atoms with Crippen molar-refractivity contribution in [1.82, 2.24) is 5.32 Å². The van der Waals surface area contributed by atoms with Crippen LogP contribution in [-0.4, -0.2) is 70.2 Å². The molecule has 1 amide bonds. The number of aliphatic hydroxyl groups excluding tert-OH is 3. The second kappa shape index (κ2) is 7.76. The summed E-state index contributed by atoms with van der Waals surface area (Å²) in [6, 6.07) is -2.00. The Morgan fingerprint density at radius 2 is 2.09 bits per heavy atom. The lowest BCUT2D eigenvalue weighted by Gasteiger charge is -2.39. The van der Waals surface area contributed by atoms with E-state index < -0.39 is 54.6 Å². The summed E-state index contributed by atoms with van der Waals surface area (Å²) >= 11 is 0. The van der Waals surface area contributed by atoms with E-state index in [9.17, 15) is 24.9 Å². The fourth-order valence-corrected chi connectivity index (χ4v) is 2.19. The highest BCUT2D eigenvalue weighted by atomic mass is 16.5. The summed E-state index contributed by atoms with van der Waals surface area (Å²) in [6.45, 7) is 0.387. The molecular weight excluding hydrogens is 312 g/mol. The van der Waals surface area contributed by atoms with E-state index >= 15 is 0 Å². The molecule has 0 aliphatic carbocycles. The SMILES string of the molecule is CC(=O)N[C@H]1[C@@H]([C@H](O)[C@H](O)CO)OC(C(=O)[O-])=C[C@@H]1[NH+]=C(N)N. The average molecular weight is 332 g/mol. The van der Waals surface area contributed by atoms with Crippen molar-refractivity contribution in [3.8, 4) is 0 Å². The minimum Gasteiger partial charge on any atom is -0.542 e. The van der Waals surface area contributed by atoms with Gasteiger partial charge in [-0.15, -0.1) is 0 Å². The summed E-state index contributed by atoms with van der Waals surface area (Å²) < 4.78 is 5.09. The Bertz CT molecular complexity index is 518. The molecule has 1 aliphatic heterocycles. The van der Waals surface area contributed by atoms with E-state index in [1.165, 1.54) is 6.92 Å². The third kappa shape index (κ3) is 4.81. The number of guanidine groups is 1. The number of carboxylic acid groups (broad SMARTS) is 1. The van der Waals surface area contributed by atoms with Gasteiger partial charge in [-0.25, -0.2) is 0 Å². The van der Waals surface area contributed by atoms with Gasteiger partial charge in [-0.2, -0.15) is 0 Å². The lowest BCUT2D eigenvalue weighted by atomic mass is 9.92. The normalized spacial score (nSPS) is 26.3. The maximum absolute atomic E-state index is 11.4. The zero-order valence-corrected chi connectivity index (χ0v) is 12.3. The number of ether oxygens (including phenoxy) is 1. The Morgan fingerprint density at radius 3 is 2.52 bits per heavy atom. The molecule has 9 N–H and O–H groups in total. The van der Waals surface area contributed by atoms with Crippen LogP contribution < -0.4 is 26.9 Å². The van der Waals surface area contributed by atoms with Crippen molar-refractivity contribution >= 4 is 17.8 Å². The molecule has 130 valence electrons. The molecule has 0 spiro atoms. The van der Waals surface area contributed by atoms with Crippen LogP contribution in [0, 0.1) is 0 Å². The van der Waals surface area contributed by atoms with Crippen LogP contribution in [0.15, 0.2) is 11.8 Å². The van der Waals surface area contributed by atoms with E-state index in [1.54, 1.807) is 0 Å². The quantitative estimate of drug-likeness (QED) is 0.182. The molecule has 11 nitrogen and oxygen atoms in total. The number of hydrogen-bond donors (Lipinski definition) is 7. The second-order valence-electron chi connectivity index (χ2n) is 4.99. The minimum absolute atomic E-state index is 0.267. The Balaban J connectivity index is 3.28. The van der Waals surface area contributed by atoms with E-state index in [4.69, 9.17) is 21.3 Å². The molecule has 0 saturated heterocycles. The van der Waals surface area contributed by atoms with Gasteiger partial charge in [-0.3, -0.25) is 21.3 Å². The molecule has 0 radical (unpaired) electrons. The summed E-state index contributed by atoms with van der Waals surface area (Å²) in [7, 11) is 0. The molecule has 0 aromatic rings. The van der Waals surface area contributed by atoms with Gasteiger partial charge in [0.15, 0.2) is 6.10 Å². The molecule has 0 unspecified atom stereocenters. The Hall–Kier alpha value is -2.37. The summed E-state index contributed by atoms with van der Waals surface area (Å²) in [5.74, 6) is -3.09. The van der Waals surface area contributed by atoms with Gasteiger partial charge in [0.25, 0.3) is 0 Å². The molecule has 0 bridgehead atoms. The first-order valence-corrected chi connectivity index (χ1v) is 6.65. The predicted octanol–water partition coefficient (Wildman–Crippen LogP) is -7.04. The number of carbonyl (C=O) groups excluding carboxylic acids is 2. The lowest BCUT2D eigenvalue weighted by Crippen LogP contribution is -2.89. The molecule has 0 aromatic carbocycles. The van der Waals surface area contributed by atoms with Gasteiger partial charge < -0.3 is 35.3 Å². The Labute approximate surface area is 131 Å². The highest BCUT2D eigenvalue weighted by Gasteiger charge is 2.43. The van der Waals surface area contributed by atoms with E-state index in [0.717, 1.165) is 6.08 Å². The van der Waals surface area contributed by atoms with E-state index in [0.29, 0.717) is 0 Å². The standard InChI is InChI=1S/C12H20N4O7/c1-4(18)15-8-5(16-12(13)14)2-7(11(21)22)23-10(8)9(20)6(19)3-17/h2,5-6,8-10,17,19-20H,3H2,1H3,(H,15,18)(H,21,22)(H4,13,14,16)/t5-,6+,8+,9+,10-/m0/s1. The van der Waals surface area contributed by atoms with Crippen LogP contribution in [0.1, 0.15) is 6.92 Å². The number of amides is 1. The summed E-state index contributed by atoms with van der Waals surface area (Å²) in [6.07, 6.45) is -3.68. The van der Waals surface area contributed by atoms with Crippen LogP contribution >= 0.6 is 0 Å². The highest BCUT2D eigenvalue weighted by molar-refractivity contribution is 5.83. The van der Waals surface area contributed by atoms with Crippen molar-refractivity contribution < 1.29 is 39.7 Å². The summed E-state index contributed by atoms with van der Waals surface area (Å²) in [5.41, 5.74) is 10.7. The molecular formula is C12H20N4O7. The second-order valence-corrected chi connectivity index (χ2v) is 4.99. The number of aliphatic hydroxyl groups is 3. The zero-order chi connectivity index (χ0) is 17.7.